The van der Waals surface area contributed by atoms with Gasteiger partial charge in [-0.2, -0.15) is 0 Å². The second-order valence-corrected chi connectivity index (χ2v) is 3.10. The van der Waals surface area contributed by atoms with Crippen LogP contribution in [-0.4, -0.2) is 17.2 Å². The lowest BCUT2D eigenvalue weighted by Gasteiger charge is -2.21. The first kappa shape index (κ1) is 11.4. The lowest BCUT2D eigenvalue weighted by Crippen LogP contribution is -2.32. The second-order valence-electron chi connectivity index (χ2n) is 3.10. The van der Waals surface area contributed by atoms with Crippen LogP contribution < -0.4 is 16.3 Å². The van der Waals surface area contributed by atoms with Crippen LogP contribution in [0.3, 0.4) is 0 Å². The maximum atomic E-state index is 11.2. The number of rotatable bonds is 3. The molecule has 0 aliphatic rings. The second kappa shape index (κ2) is 4.74. The first-order chi connectivity index (χ1) is 7.00. The van der Waals surface area contributed by atoms with Gasteiger partial charge in [-0.1, -0.05) is 0 Å². The maximum absolute atomic E-state index is 11.2. The van der Waals surface area contributed by atoms with Gasteiger partial charge >= 0.3 is 0 Å². The molecule has 0 aliphatic heterocycles. The molecule has 0 unspecified atom stereocenters. The Bertz CT molecular complexity index is 335. The summed E-state index contributed by atoms with van der Waals surface area (Å²) in [4.78, 5) is 11.2. The Hall–Kier alpha value is -1.63. The van der Waals surface area contributed by atoms with Gasteiger partial charge in [-0.15, -0.1) is 0 Å². The normalized spacial score (nSPS) is 12.0. The van der Waals surface area contributed by atoms with E-state index in [0.29, 0.717) is 5.69 Å². The topological polar surface area (TPSA) is 102 Å². The molecule has 1 amide bonds. The number of amides is 1. The van der Waals surface area contributed by atoms with Crippen LogP contribution in [0.2, 0.25) is 0 Å². The van der Waals surface area contributed by atoms with Gasteiger partial charge in [0, 0.05) is 5.69 Å². The van der Waals surface area contributed by atoms with Gasteiger partial charge in [0.05, 0.1) is 11.7 Å². The van der Waals surface area contributed by atoms with Crippen molar-refractivity contribution in [3.63, 3.8) is 0 Å². The first-order valence-electron chi connectivity index (χ1n) is 4.33. The highest BCUT2D eigenvalue weighted by atomic mass is 16.8. The van der Waals surface area contributed by atoms with Gasteiger partial charge in [0.15, 0.2) is 0 Å². The fourth-order valence-corrected chi connectivity index (χ4v) is 0.928. The van der Waals surface area contributed by atoms with Gasteiger partial charge in [-0.25, -0.2) is 0 Å². The summed E-state index contributed by atoms with van der Waals surface area (Å²) in [7, 11) is 0. The third kappa shape index (κ3) is 3.21. The number of hydrogen-bond acceptors (Lipinski definition) is 5. The van der Waals surface area contributed by atoms with Crippen molar-refractivity contribution in [2.45, 2.75) is 13.0 Å². The fourth-order valence-electron chi connectivity index (χ4n) is 0.928. The molecule has 1 aromatic rings. The summed E-state index contributed by atoms with van der Waals surface area (Å²) >= 11 is 0. The molecule has 6 nitrogen and oxygen atoms in total. The molecule has 0 bridgehead atoms. The third-order valence-electron chi connectivity index (χ3n) is 1.77. The van der Waals surface area contributed by atoms with Crippen molar-refractivity contribution >= 4 is 17.3 Å². The zero-order chi connectivity index (χ0) is 11.4. The van der Waals surface area contributed by atoms with E-state index in [1.54, 1.807) is 6.92 Å². The minimum atomic E-state index is -0.599. The summed E-state index contributed by atoms with van der Waals surface area (Å²) in [5, 5.41) is 21.3. The van der Waals surface area contributed by atoms with E-state index in [1.165, 1.54) is 24.3 Å². The van der Waals surface area contributed by atoms with Crippen molar-refractivity contribution in [1.82, 2.24) is 0 Å². The van der Waals surface area contributed by atoms with Crippen molar-refractivity contribution in [3.8, 4) is 0 Å². The van der Waals surface area contributed by atoms with Crippen LogP contribution >= 0.6 is 0 Å². The van der Waals surface area contributed by atoms with E-state index in [-0.39, 0.29) is 16.8 Å². The van der Waals surface area contributed by atoms with Crippen LogP contribution in [0.5, 0.6) is 0 Å². The molecular weight excluding hydrogens is 198 g/mol. The Morgan fingerprint density at radius 1 is 1.53 bits per heavy atom. The molecule has 0 radical (unpaired) electrons. The van der Waals surface area contributed by atoms with Crippen LogP contribution in [-0.2, 0) is 4.79 Å². The van der Waals surface area contributed by atoms with E-state index in [9.17, 15) is 10.0 Å². The van der Waals surface area contributed by atoms with E-state index in [2.05, 4.69) is 5.32 Å². The molecular formula is C9H12N3O3-. The van der Waals surface area contributed by atoms with E-state index in [4.69, 9.17) is 10.9 Å². The Balaban J connectivity index is 2.69. The van der Waals surface area contributed by atoms with Gasteiger partial charge in [-0.3, -0.25) is 10.0 Å². The number of benzene rings is 1. The summed E-state index contributed by atoms with van der Waals surface area (Å²) in [5.41, 5.74) is 5.96. The summed E-state index contributed by atoms with van der Waals surface area (Å²) in [5.74, 6) is -0.314. The lowest BCUT2D eigenvalue weighted by atomic mass is 10.2. The number of carbonyl (C=O) groups excluding carboxylic acids is 1. The number of anilines is 2. The van der Waals surface area contributed by atoms with Crippen molar-refractivity contribution in [2.24, 2.45) is 5.73 Å². The molecule has 1 atom stereocenters. The highest BCUT2D eigenvalue weighted by Crippen LogP contribution is 2.15. The Kier molecular flexibility index (Phi) is 3.62. The number of hydrogen-bond donors (Lipinski definition) is 3. The Labute approximate surface area is 86.8 Å². The van der Waals surface area contributed by atoms with Crippen LogP contribution in [0.15, 0.2) is 24.3 Å². The van der Waals surface area contributed by atoms with Crippen molar-refractivity contribution < 1.29 is 10.0 Å². The maximum Gasteiger partial charge on any atom is 0.240 e. The minimum Gasteiger partial charge on any atom is -0.733 e. The Morgan fingerprint density at radius 2 is 2.07 bits per heavy atom. The largest absolute Gasteiger partial charge is 0.733 e. The van der Waals surface area contributed by atoms with E-state index in [1.807, 2.05) is 0 Å². The van der Waals surface area contributed by atoms with Crippen LogP contribution in [0.4, 0.5) is 11.4 Å². The lowest BCUT2D eigenvalue weighted by molar-refractivity contribution is -0.117. The number of nitrogens with two attached hydrogens (primary N) is 1. The van der Waals surface area contributed by atoms with E-state index >= 15 is 0 Å². The monoisotopic (exact) mass is 210 g/mol. The van der Waals surface area contributed by atoms with Crippen molar-refractivity contribution in [3.05, 3.63) is 29.5 Å². The highest BCUT2D eigenvalue weighted by molar-refractivity contribution is 5.94. The van der Waals surface area contributed by atoms with Crippen LogP contribution in [0.25, 0.3) is 0 Å². The van der Waals surface area contributed by atoms with Gasteiger partial charge in [0.1, 0.15) is 0 Å². The molecule has 1 rings (SSSR count). The highest BCUT2D eigenvalue weighted by Gasteiger charge is 2.06. The van der Waals surface area contributed by atoms with Gasteiger partial charge in [0.2, 0.25) is 5.91 Å². The van der Waals surface area contributed by atoms with Crippen molar-refractivity contribution in [1.29, 1.82) is 0 Å². The fraction of sp³-hybridized carbons (Fsp3) is 0.222. The number of nitrogens with zero attached hydrogens (tertiary/aromatic N) is 1. The van der Waals surface area contributed by atoms with Gasteiger partial charge < -0.3 is 21.5 Å². The SMILES string of the molecule is C[C@@H](N)C(=O)Nc1ccc(N([O-])O)cc1. The molecule has 0 aromatic heterocycles. The van der Waals surface area contributed by atoms with Crippen LogP contribution in [0.1, 0.15) is 6.92 Å². The Morgan fingerprint density at radius 3 is 2.47 bits per heavy atom. The summed E-state index contributed by atoms with van der Waals surface area (Å²) in [6.07, 6.45) is 0. The summed E-state index contributed by atoms with van der Waals surface area (Å²) < 4.78 is 0. The zero-order valence-corrected chi connectivity index (χ0v) is 8.18. The molecule has 82 valence electrons. The van der Waals surface area contributed by atoms with Gasteiger partial charge in [0.25, 0.3) is 0 Å². The molecule has 15 heavy (non-hydrogen) atoms. The van der Waals surface area contributed by atoms with E-state index in [0.717, 1.165) is 0 Å². The third-order valence-corrected chi connectivity index (χ3v) is 1.77. The molecule has 0 saturated carbocycles. The van der Waals surface area contributed by atoms with Gasteiger partial charge in [-0.05, 0) is 31.2 Å². The summed E-state index contributed by atoms with van der Waals surface area (Å²) in [6.45, 7) is 1.57. The quantitative estimate of drug-likeness (QED) is 0.636. The molecule has 0 saturated heterocycles. The molecule has 6 heteroatoms. The smallest absolute Gasteiger partial charge is 0.240 e. The molecule has 0 spiro atoms. The first-order valence-corrected chi connectivity index (χ1v) is 4.33. The number of nitrogens with one attached hydrogen (secondary N) is 1. The zero-order valence-electron chi connectivity index (χ0n) is 8.18. The predicted molar refractivity (Wildman–Crippen MR) is 56.4 cm³/mol. The number of carbonyl (C=O) groups is 1. The predicted octanol–water partition coefficient (Wildman–Crippen LogP) is 0.666. The van der Waals surface area contributed by atoms with E-state index < -0.39 is 6.04 Å². The molecule has 4 N–H and O–H groups in total. The molecule has 0 fully saturated rings. The standard InChI is InChI=1S/C9H12N3O3/c1-6(10)9(13)11-7-2-4-8(5-3-7)12(14)15/h2-6,14H,10H2,1H3,(H,11,13)/q-1/t6-/m1/s1. The molecule has 1 aromatic carbocycles. The summed E-state index contributed by atoms with van der Waals surface area (Å²) in [6, 6.07) is 5.15. The van der Waals surface area contributed by atoms with Crippen molar-refractivity contribution in [2.75, 3.05) is 10.5 Å². The average Bonchev–Trinajstić information content (AvgIpc) is 2.18. The van der Waals surface area contributed by atoms with Crippen LogP contribution in [0, 0.1) is 5.21 Å². The minimum absolute atomic E-state index is 0.0915. The molecule has 0 aliphatic carbocycles. The molecule has 0 heterocycles. The average molecular weight is 210 g/mol.